The monoisotopic (exact) mass is 349 g/mol. The molecule has 2 amide bonds. The van der Waals surface area contributed by atoms with Crippen LogP contribution < -0.4 is 16.8 Å². The zero-order valence-corrected chi connectivity index (χ0v) is 14.5. The SMILES string of the molecule is CC(C)(C)OC(=O)N[C@@H](CC(N)=O)C(=O)O.CC(C)[C@H](N)C(=O)O. The van der Waals surface area contributed by atoms with Gasteiger partial charge in [0, 0.05) is 0 Å². The molecule has 0 aliphatic rings. The molecular formula is C14H27N3O7. The van der Waals surface area contributed by atoms with Crippen LogP contribution in [0.25, 0.3) is 0 Å². The van der Waals surface area contributed by atoms with Crippen LogP contribution in [-0.2, 0) is 19.1 Å². The standard InChI is InChI=1S/C9H16N2O5.C5H11NO2/c1-9(2,3)16-8(15)11-5(7(13)14)4-6(10)12;1-3(2)4(6)5(7)8/h5H,4H2,1-3H3,(H2,10,12)(H,11,15)(H,13,14);3-4H,6H2,1-2H3,(H,7,8)/t5-;4-/m00/s1. The number of nitrogens with two attached hydrogens (primary N) is 2. The van der Waals surface area contributed by atoms with Crippen molar-refractivity contribution in [3.05, 3.63) is 0 Å². The number of hydrogen-bond donors (Lipinski definition) is 5. The van der Waals surface area contributed by atoms with Crippen molar-refractivity contribution in [2.24, 2.45) is 17.4 Å². The van der Waals surface area contributed by atoms with Crippen molar-refractivity contribution in [2.75, 3.05) is 0 Å². The van der Waals surface area contributed by atoms with Gasteiger partial charge in [0.05, 0.1) is 6.42 Å². The second-order valence-corrected chi connectivity index (χ2v) is 6.32. The lowest BCUT2D eigenvalue weighted by atomic mass is 10.1. The molecule has 24 heavy (non-hydrogen) atoms. The quantitative estimate of drug-likeness (QED) is 0.440. The van der Waals surface area contributed by atoms with Crippen LogP contribution in [0.4, 0.5) is 4.79 Å². The average molecular weight is 349 g/mol. The number of amides is 2. The van der Waals surface area contributed by atoms with Crippen LogP contribution in [0.3, 0.4) is 0 Å². The third-order valence-electron chi connectivity index (χ3n) is 2.40. The predicted molar refractivity (Wildman–Crippen MR) is 85.1 cm³/mol. The van der Waals surface area contributed by atoms with E-state index >= 15 is 0 Å². The second-order valence-electron chi connectivity index (χ2n) is 6.32. The summed E-state index contributed by atoms with van der Waals surface area (Å²) >= 11 is 0. The molecule has 10 nitrogen and oxygen atoms in total. The van der Waals surface area contributed by atoms with Crippen molar-refractivity contribution in [1.82, 2.24) is 5.32 Å². The van der Waals surface area contributed by atoms with Gasteiger partial charge in [-0.25, -0.2) is 9.59 Å². The molecule has 0 aliphatic heterocycles. The summed E-state index contributed by atoms with van der Waals surface area (Å²) in [6.07, 6.45) is -1.38. The van der Waals surface area contributed by atoms with Gasteiger partial charge in [0.2, 0.25) is 5.91 Å². The molecule has 0 fully saturated rings. The molecule has 0 aromatic carbocycles. The molecule has 7 N–H and O–H groups in total. The topological polar surface area (TPSA) is 182 Å². The predicted octanol–water partition coefficient (Wildman–Crippen LogP) is -0.106. The number of rotatable bonds is 6. The summed E-state index contributed by atoms with van der Waals surface area (Å²) in [5.41, 5.74) is 9.26. The molecule has 0 radical (unpaired) electrons. The number of primary amides is 1. The number of carbonyl (C=O) groups is 4. The van der Waals surface area contributed by atoms with Crippen molar-refractivity contribution in [3.8, 4) is 0 Å². The number of carboxylic acids is 2. The molecule has 0 heterocycles. The zero-order valence-electron chi connectivity index (χ0n) is 14.5. The number of nitrogens with one attached hydrogen (secondary N) is 1. The van der Waals surface area contributed by atoms with E-state index in [1.165, 1.54) is 0 Å². The average Bonchev–Trinajstić information content (AvgIpc) is 2.34. The molecule has 140 valence electrons. The van der Waals surface area contributed by atoms with E-state index in [1.54, 1.807) is 34.6 Å². The maximum absolute atomic E-state index is 11.2. The van der Waals surface area contributed by atoms with Crippen molar-refractivity contribution >= 4 is 23.9 Å². The van der Waals surface area contributed by atoms with Crippen molar-refractivity contribution in [1.29, 1.82) is 0 Å². The Balaban J connectivity index is 0. The minimum Gasteiger partial charge on any atom is -0.480 e. The first-order valence-corrected chi connectivity index (χ1v) is 7.16. The van der Waals surface area contributed by atoms with E-state index in [-0.39, 0.29) is 5.92 Å². The lowest BCUT2D eigenvalue weighted by Crippen LogP contribution is -2.45. The molecule has 0 aromatic heterocycles. The molecule has 0 spiro atoms. The Bertz CT molecular complexity index is 458. The first-order chi connectivity index (χ1) is 10.7. The highest BCUT2D eigenvalue weighted by Gasteiger charge is 2.25. The molecule has 0 bridgehead atoms. The maximum atomic E-state index is 11.2. The summed E-state index contributed by atoms with van der Waals surface area (Å²) < 4.78 is 4.83. The number of ether oxygens (including phenoxy) is 1. The highest BCUT2D eigenvalue weighted by molar-refractivity contribution is 5.86. The van der Waals surface area contributed by atoms with Gasteiger partial charge in [-0.05, 0) is 26.7 Å². The Labute approximate surface area is 140 Å². The molecule has 0 aromatic rings. The van der Waals surface area contributed by atoms with Gasteiger partial charge in [0.15, 0.2) is 0 Å². The van der Waals surface area contributed by atoms with E-state index < -0.39 is 48.0 Å². The van der Waals surface area contributed by atoms with Crippen LogP contribution in [0.15, 0.2) is 0 Å². The number of aliphatic carboxylic acids is 2. The smallest absolute Gasteiger partial charge is 0.408 e. The third kappa shape index (κ3) is 13.3. The lowest BCUT2D eigenvalue weighted by molar-refractivity contribution is -0.141. The van der Waals surface area contributed by atoms with Gasteiger partial charge < -0.3 is 31.7 Å². The van der Waals surface area contributed by atoms with Crippen molar-refractivity contribution < 1.29 is 34.1 Å². The number of carbonyl (C=O) groups excluding carboxylic acids is 2. The number of hydrogen-bond acceptors (Lipinski definition) is 6. The molecule has 0 rings (SSSR count). The van der Waals surface area contributed by atoms with Crippen LogP contribution in [-0.4, -0.2) is 51.8 Å². The minimum absolute atomic E-state index is 0.0208. The molecule has 10 heteroatoms. The van der Waals surface area contributed by atoms with Crippen molar-refractivity contribution in [2.45, 2.75) is 58.7 Å². The van der Waals surface area contributed by atoms with Crippen LogP contribution in [0, 0.1) is 5.92 Å². The Morgan fingerprint density at radius 1 is 1.08 bits per heavy atom. The normalized spacial score (nSPS) is 13.1. The van der Waals surface area contributed by atoms with E-state index in [9.17, 15) is 19.2 Å². The van der Waals surface area contributed by atoms with Gasteiger partial charge in [0.25, 0.3) is 0 Å². The largest absolute Gasteiger partial charge is 0.480 e. The number of alkyl carbamates (subject to hydrolysis) is 1. The van der Waals surface area contributed by atoms with E-state index in [1.807, 2.05) is 5.32 Å². The second kappa shape index (κ2) is 10.4. The summed E-state index contributed by atoms with van der Waals surface area (Å²) in [4.78, 5) is 42.4. The fourth-order valence-corrected chi connectivity index (χ4v) is 1.14. The third-order valence-corrected chi connectivity index (χ3v) is 2.40. The van der Waals surface area contributed by atoms with Crippen LogP contribution in [0.1, 0.15) is 41.0 Å². The van der Waals surface area contributed by atoms with Crippen LogP contribution in [0.5, 0.6) is 0 Å². The molecular weight excluding hydrogens is 322 g/mol. The molecule has 0 saturated carbocycles. The van der Waals surface area contributed by atoms with Gasteiger partial charge >= 0.3 is 18.0 Å². The van der Waals surface area contributed by atoms with Gasteiger partial charge in [-0.15, -0.1) is 0 Å². The summed E-state index contributed by atoms with van der Waals surface area (Å²) in [7, 11) is 0. The van der Waals surface area contributed by atoms with E-state index in [2.05, 4.69) is 0 Å². The Kier molecular flexibility index (Phi) is 10.4. The van der Waals surface area contributed by atoms with Gasteiger partial charge in [-0.2, -0.15) is 0 Å². The summed E-state index contributed by atoms with van der Waals surface area (Å²) in [5.74, 6) is -3.07. The molecule has 0 saturated heterocycles. The summed E-state index contributed by atoms with van der Waals surface area (Å²) in [6.45, 7) is 8.46. The van der Waals surface area contributed by atoms with Gasteiger partial charge in [-0.1, -0.05) is 13.8 Å². The minimum atomic E-state index is -1.37. The van der Waals surface area contributed by atoms with Gasteiger partial charge in [-0.3, -0.25) is 9.59 Å². The first-order valence-electron chi connectivity index (χ1n) is 7.16. The van der Waals surface area contributed by atoms with E-state index in [0.717, 1.165) is 0 Å². The van der Waals surface area contributed by atoms with Crippen molar-refractivity contribution in [3.63, 3.8) is 0 Å². The molecule has 0 unspecified atom stereocenters. The first kappa shape index (κ1) is 23.9. The fourth-order valence-electron chi connectivity index (χ4n) is 1.14. The zero-order chi connectivity index (χ0) is 19.7. The van der Waals surface area contributed by atoms with Gasteiger partial charge in [0.1, 0.15) is 17.7 Å². The maximum Gasteiger partial charge on any atom is 0.408 e. The Hall–Kier alpha value is -2.36. The number of carboxylic acid groups (broad SMARTS) is 2. The van der Waals surface area contributed by atoms with Crippen LogP contribution >= 0.6 is 0 Å². The molecule has 0 aliphatic carbocycles. The highest BCUT2D eigenvalue weighted by atomic mass is 16.6. The molecule has 2 atom stereocenters. The summed E-state index contributed by atoms with van der Waals surface area (Å²) in [5, 5.41) is 19.0. The van der Waals surface area contributed by atoms with E-state index in [0.29, 0.717) is 0 Å². The summed E-state index contributed by atoms with van der Waals surface area (Å²) in [6, 6.07) is -2.08. The fraction of sp³-hybridized carbons (Fsp3) is 0.714. The lowest BCUT2D eigenvalue weighted by Gasteiger charge is -2.21. The Morgan fingerprint density at radius 3 is 1.75 bits per heavy atom. The van der Waals surface area contributed by atoms with E-state index in [4.69, 9.17) is 26.4 Å². The van der Waals surface area contributed by atoms with Crippen LogP contribution in [0.2, 0.25) is 0 Å². The highest BCUT2D eigenvalue weighted by Crippen LogP contribution is 2.07. The Morgan fingerprint density at radius 2 is 1.54 bits per heavy atom.